The van der Waals surface area contributed by atoms with Gasteiger partial charge in [-0.3, -0.25) is 62.3 Å². The maximum atomic E-state index is 13.5. The van der Waals surface area contributed by atoms with Crippen LogP contribution in [0.15, 0.2) is 0 Å². The molecular formula is C32H49N9O18. The van der Waals surface area contributed by atoms with Crippen LogP contribution < -0.4 is 48.7 Å². The number of carboxylic acids is 5. The number of rotatable bonds is 29. The largest absolute Gasteiger partial charge is 0.481 e. The molecule has 0 unspecified atom stereocenters. The summed E-state index contributed by atoms with van der Waals surface area (Å²) < 4.78 is 0. The van der Waals surface area contributed by atoms with Crippen molar-refractivity contribution in [3.05, 3.63) is 0 Å². The molecule has 59 heavy (non-hydrogen) atoms. The number of primary amides is 1. The van der Waals surface area contributed by atoms with Crippen molar-refractivity contribution >= 4 is 77.1 Å². The molecule has 27 nitrogen and oxygen atoms in total. The molecule has 8 amide bonds. The number of carbonyl (C=O) groups is 13. The standard InChI is InChI=1S/C32H49N9O18/c1-13(35-21(43)12-33)26(52)41-19(11-25(50)51)31(57)40-15(3-7-20(34)42)28(54)38-18(6-10-24(48)49)30(56)39-17(5-9-23(46)47)29(55)37-16(4-8-22(44)45)27(53)36-14(2)32(58)59/h13-19H,3-12,33H2,1-2H3,(H2,34,42)(H,35,43)(H,36,53)(H,37,55)(H,38,54)(H,39,56)(H,40,57)(H,41,52)(H,44,45)(H,46,47)(H,48,49)(H,50,51)(H,58,59)/t13-,14-,15-,16-,17-,18-,19-/m0/s1. The average Bonchev–Trinajstić information content (AvgIpc) is 3.13. The van der Waals surface area contributed by atoms with Gasteiger partial charge in [0.15, 0.2) is 0 Å². The minimum atomic E-state index is -1.91. The minimum absolute atomic E-state index is 0.516. The Bertz CT molecular complexity index is 1620. The molecule has 0 aliphatic carbocycles. The van der Waals surface area contributed by atoms with Crippen LogP contribution in [0.4, 0.5) is 0 Å². The molecular weight excluding hydrogens is 798 g/mol. The molecule has 0 aromatic heterocycles. The number of nitrogens with two attached hydrogens (primary N) is 2. The second-order valence-corrected chi connectivity index (χ2v) is 12.8. The van der Waals surface area contributed by atoms with Crippen LogP contribution >= 0.6 is 0 Å². The molecule has 0 rings (SSSR count). The first kappa shape index (κ1) is 52.1. The molecule has 0 fully saturated rings. The van der Waals surface area contributed by atoms with Crippen LogP contribution in [0.1, 0.15) is 71.6 Å². The third-order valence-corrected chi connectivity index (χ3v) is 7.85. The average molecular weight is 848 g/mol. The quantitative estimate of drug-likeness (QED) is 0.0333. The lowest BCUT2D eigenvalue weighted by Gasteiger charge is -2.27. The van der Waals surface area contributed by atoms with E-state index in [4.69, 9.17) is 21.7 Å². The van der Waals surface area contributed by atoms with E-state index < -0.39 is 184 Å². The Morgan fingerprint density at radius 2 is 0.746 bits per heavy atom. The molecule has 27 heteroatoms. The summed E-state index contributed by atoms with van der Waals surface area (Å²) in [4.78, 5) is 159. The lowest BCUT2D eigenvalue weighted by atomic mass is 10.0. The van der Waals surface area contributed by atoms with Crippen LogP contribution in [0.25, 0.3) is 0 Å². The van der Waals surface area contributed by atoms with Gasteiger partial charge in [0.2, 0.25) is 47.3 Å². The summed E-state index contributed by atoms with van der Waals surface area (Å²) in [5.74, 6) is -16.8. The van der Waals surface area contributed by atoms with Gasteiger partial charge in [0, 0.05) is 25.7 Å². The summed E-state index contributed by atoms with van der Waals surface area (Å²) in [6.07, 6.45) is -6.67. The maximum Gasteiger partial charge on any atom is 0.325 e. The second-order valence-electron chi connectivity index (χ2n) is 12.8. The van der Waals surface area contributed by atoms with E-state index in [0.717, 1.165) is 6.92 Å². The van der Waals surface area contributed by atoms with Gasteiger partial charge in [-0.05, 0) is 39.5 Å². The van der Waals surface area contributed by atoms with E-state index in [1.165, 1.54) is 6.92 Å². The Hall–Kier alpha value is -6.93. The van der Waals surface area contributed by atoms with Crippen LogP contribution in [0.2, 0.25) is 0 Å². The van der Waals surface area contributed by atoms with Crippen molar-refractivity contribution in [2.75, 3.05) is 6.54 Å². The molecule has 0 aromatic carbocycles. The van der Waals surface area contributed by atoms with E-state index in [1.807, 2.05) is 5.32 Å². The molecule has 7 atom stereocenters. The Kier molecular flexibility index (Phi) is 23.0. The normalized spacial score (nSPS) is 14.2. The van der Waals surface area contributed by atoms with Crippen LogP contribution in [0.3, 0.4) is 0 Å². The summed E-state index contributed by atoms with van der Waals surface area (Å²) >= 11 is 0. The topological polar surface area (TPSA) is 459 Å². The fourth-order valence-electron chi connectivity index (χ4n) is 4.68. The van der Waals surface area contributed by atoms with Crippen molar-refractivity contribution in [3.63, 3.8) is 0 Å². The number of amides is 8. The van der Waals surface area contributed by atoms with Crippen LogP contribution in [0, 0.1) is 0 Å². The van der Waals surface area contributed by atoms with Crippen LogP contribution in [0.5, 0.6) is 0 Å². The molecule has 0 heterocycles. The molecule has 0 spiro atoms. The molecule has 0 aliphatic rings. The van der Waals surface area contributed by atoms with Crippen molar-refractivity contribution in [3.8, 4) is 0 Å². The Morgan fingerprint density at radius 3 is 1.05 bits per heavy atom. The summed E-state index contributed by atoms with van der Waals surface area (Å²) in [6.45, 7) is 1.72. The second kappa shape index (κ2) is 26.1. The van der Waals surface area contributed by atoms with Gasteiger partial charge in [-0.2, -0.15) is 0 Å². The highest BCUT2D eigenvalue weighted by molar-refractivity contribution is 5.98. The van der Waals surface area contributed by atoms with E-state index in [0.29, 0.717) is 0 Å². The zero-order chi connectivity index (χ0) is 45.6. The molecule has 0 aromatic rings. The molecule has 330 valence electrons. The summed E-state index contributed by atoms with van der Waals surface area (Å²) in [6, 6.07) is -12.1. The van der Waals surface area contributed by atoms with Crippen molar-refractivity contribution in [1.29, 1.82) is 0 Å². The third kappa shape index (κ3) is 21.8. The predicted molar refractivity (Wildman–Crippen MR) is 193 cm³/mol. The van der Waals surface area contributed by atoms with Gasteiger partial charge in [-0.15, -0.1) is 0 Å². The lowest BCUT2D eigenvalue weighted by molar-refractivity contribution is -0.142. The SMILES string of the molecule is C[C@H](NC(=O)[C@H](CCC(=O)O)NC(=O)[C@H](CCC(=O)O)NC(=O)[C@H](CCC(=O)O)NC(=O)[C@H](CCC(N)=O)NC(=O)[C@H](CC(=O)O)NC(=O)[C@H](C)NC(=O)CN)C(=O)O. The van der Waals surface area contributed by atoms with Crippen molar-refractivity contribution in [2.45, 2.75) is 114 Å². The maximum absolute atomic E-state index is 13.5. The number of hydrogen-bond donors (Lipinski definition) is 14. The number of nitrogens with one attached hydrogen (secondary N) is 7. The Labute approximate surface area is 334 Å². The first-order valence-electron chi connectivity index (χ1n) is 17.6. The first-order valence-corrected chi connectivity index (χ1v) is 17.6. The Morgan fingerprint density at radius 1 is 0.424 bits per heavy atom. The highest BCUT2D eigenvalue weighted by Crippen LogP contribution is 2.08. The lowest BCUT2D eigenvalue weighted by Crippen LogP contribution is -2.60. The third-order valence-electron chi connectivity index (χ3n) is 7.85. The highest BCUT2D eigenvalue weighted by atomic mass is 16.4. The molecule has 0 radical (unpaired) electrons. The number of carbonyl (C=O) groups excluding carboxylic acids is 8. The van der Waals surface area contributed by atoms with Gasteiger partial charge in [0.05, 0.1) is 13.0 Å². The number of hydrogen-bond acceptors (Lipinski definition) is 14. The zero-order valence-corrected chi connectivity index (χ0v) is 31.8. The Balaban J connectivity index is 6.57. The van der Waals surface area contributed by atoms with Crippen LogP contribution in [-0.2, 0) is 62.3 Å². The van der Waals surface area contributed by atoms with E-state index in [-0.39, 0.29) is 0 Å². The van der Waals surface area contributed by atoms with Gasteiger partial charge < -0.3 is 74.2 Å². The van der Waals surface area contributed by atoms with E-state index in [1.54, 1.807) is 0 Å². The van der Waals surface area contributed by atoms with Gasteiger partial charge in [-0.25, -0.2) is 0 Å². The molecule has 0 aliphatic heterocycles. The van der Waals surface area contributed by atoms with Crippen molar-refractivity contribution < 1.29 is 87.9 Å². The van der Waals surface area contributed by atoms with Gasteiger partial charge in [0.25, 0.3) is 0 Å². The molecule has 0 saturated carbocycles. The fourth-order valence-corrected chi connectivity index (χ4v) is 4.68. The summed E-state index contributed by atoms with van der Waals surface area (Å²) in [5, 5.41) is 60.9. The molecule has 16 N–H and O–H groups in total. The number of carboxylic acid groups (broad SMARTS) is 5. The molecule has 0 saturated heterocycles. The van der Waals surface area contributed by atoms with Crippen molar-refractivity contribution in [1.82, 2.24) is 37.2 Å². The van der Waals surface area contributed by atoms with Crippen molar-refractivity contribution in [2.24, 2.45) is 11.5 Å². The van der Waals surface area contributed by atoms with E-state index in [9.17, 15) is 77.6 Å². The monoisotopic (exact) mass is 847 g/mol. The van der Waals surface area contributed by atoms with Gasteiger partial charge in [0.1, 0.15) is 42.3 Å². The van der Waals surface area contributed by atoms with E-state index >= 15 is 0 Å². The van der Waals surface area contributed by atoms with Gasteiger partial charge in [-0.1, -0.05) is 0 Å². The summed E-state index contributed by atoms with van der Waals surface area (Å²) in [7, 11) is 0. The fraction of sp³-hybridized carbons (Fsp3) is 0.594. The smallest absolute Gasteiger partial charge is 0.325 e. The summed E-state index contributed by atoms with van der Waals surface area (Å²) in [5.41, 5.74) is 10.4. The minimum Gasteiger partial charge on any atom is -0.481 e. The first-order chi connectivity index (χ1) is 27.4. The van der Waals surface area contributed by atoms with E-state index in [2.05, 4.69) is 31.9 Å². The van der Waals surface area contributed by atoms with Gasteiger partial charge >= 0.3 is 29.8 Å². The predicted octanol–water partition coefficient (Wildman–Crippen LogP) is -6.20. The zero-order valence-electron chi connectivity index (χ0n) is 31.8. The van der Waals surface area contributed by atoms with Crippen LogP contribution in [-0.4, -0.2) is 151 Å². The number of aliphatic carboxylic acids is 5. The molecule has 0 bridgehead atoms. The highest BCUT2D eigenvalue weighted by Gasteiger charge is 2.34.